The fraction of sp³-hybridized carbons (Fsp3) is 0.400. The van der Waals surface area contributed by atoms with E-state index in [1.807, 2.05) is 17.0 Å². The molecule has 1 fully saturated rings. The molecule has 0 spiro atoms. The van der Waals surface area contributed by atoms with E-state index in [-0.39, 0.29) is 11.5 Å². The lowest BCUT2D eigenvalue weighted by molar-refractivity contribution is 0.0626. The maximum Gasteiger partial charge on any atom is 0.261 e. The third-order valence-corrected chi connectivity index (χ3v) is 5.23. The Hall–Kier alpha value is -2.40. The van der Waals surface area contributed by atoms with Crippen LogP contribution in [0.4, 0.5) is 0 Å². The van der Waals surface area contributed by atoms with Crippen molar-refractivity contribution in [2.75, 3.05) is 26.2 Å². The number of H-pyrrole nitrogens is 1. The van der Waals surface area contributed by atoms with Crippen LogP contribution in [0, 0.1) is 0 Å². The van der Waals surface area contributed by atoms with Gasteiger partial charge in [-0.05, 0) is 36.5 Å². The molecule has 1 aliphatic heterocycles. The van der Waals surface area contributed by atoms with Gasteiger partial charge in [0.2, 0.25) is 0 Å². The number of fused-ring (bicyclic) bond motifs is 1. The van der Waals surface area contributed by atoms with Crippen molar-refractivity contribution >= 4 is 5.91 Å². The van der Waals surface area contributed by atoms with Gasteiger partial charge in [0.1, 0.15) is 5.56 Å². The molecule has 25 heavy (non-hydrogen) atoms. The predicted molar refractivity (Wildman–Crippen MR) is 96.7 cm³/mol. The van der Waals surface area contributed by atoms with Crippen LogP contribution in [0.1, 0.15) is 33.6 Å². The molecule has 0 radical (unpaired) electrons. The molecule has 2 aliphatic rings. The van der Waals surface area contributed by atoms with Gasteiger partial charge < -0.3 is 9.88 Å². The second-order valence-electron chi connectivity index (χ2n) is 6.92. The molecular formula is C20H23N3O2. The van der Waals surface area contributed by atoms with Crippen molar-refractivity contribution in [3.8, 4) is 0 Å². The molecule has 1 N–H and O–H groups in total. The quantitative estimate of drug-likeness (QED) is 0.929. The van der Waals surface area contributed by atoms with Gasteiger partial charge >= 0.3 is 0 Å². The second kappa shape index (κ2) is 6.84. The average molecular weight is 337 g/mol. The number of rotatable bonds is 3. The lowest BCUT2D eigenvalue weighted by Gasteiger charge is -2.34. The lowest BCUT2D eigenvalue weighted by atomic mass is 10.1. The van der Waals surface area contributed by atoms with Crippen LogP contribution in [0.15, 0.2) is 41.2 Å². The molecule has 130 valence electrons. The minimum Gasteiger partial charge on any atom is -0.336 e. The molecule has 0 saturated carbocycles. The van der Waals surface area contributed by atoms with E-state index in [2.05, 4.69) is 34.1 Å². The number of aryl methyl sites for hydroxylation is 2. The highest BCUT2D eigenvalue weighted by Crippen LogP contribution is 2.19. The van der Waals surface area contributed by atoms with Gasteiger partial charge in [-0.2, -0.15) is 0 Å². The van der Waals surface area contributed by atoms with E-state index in [4.69, 9.17) is 0 Å². The molecule has 2 aromatic rings. The van der Waals surface area contributed by atoms with Crippen molar-refractivity contribution in [1.82, 2.24) is 14.8 Å². The fourth-order valence-electron chi connectivity index (χ4n) is 3.79. The first-order valence-corrected chi connectivity index (χ1v) is 9.01. The Labute approximate surface area is 147 Å². The monoisotopic (exact) mass is 337 g/mol. The first kappa shape index (κ1) is 16.1. The second-order valence-corrected chi connectivity index (χ2v) is 6.92. The number of hydrogen-bond acceptors (Lipinski definition) is 3. The van der Waals surface area contributed by atoms with Gasteiger partial charge in [0, 0.05) is 38.4 Å². The lowest BCUT2D eigenvalue weighted by Crippen LogP contribution is -2.49. The summed E-state index contributed by atoms with van der Waals surface area (Å²) < 4.78 is 0. The number of aromatic nitrogens is 1. The third kappa shape index (κ3) is 3.37. The molecule has 1 amide bonds. The first-order chi connectivity index (χ1) is 12.2. The Kier molecular flexibility index (Phi) is 4.40. The van der Waals surface area contributed by atoms with Crippen molar-refractivity contribution in [3.63, 3.8) is 0 Å². The Morgan fingerprint density at radius 3 is 2.56 bits per heavy atom. The number of nitrogens with one attached hydrogen (secondary N) is 1. The Morgan fingerprint density at radius 2 is 1.80 bits per heavy atom. The highest BCUT2D eigenvalue weighted by Gasteiger charge is 2.25. The van der Waals surface area contributed by atoms with Gasteiger partial charge in [-0.3, -0.25) is 14.5 Å². The summed E-state index contributed by atoms with van der Waals surface area (Å²) in [6.45, 7) is 3.92. The van der Waals surface area contributed by atoms with Gasteiger partial charge in [0.05, 0.1) is 0 Å². The third-order valence-electron chi connectivity index (χ3n) is 5.23. The molecule has 5 heteroatoms. The molecule has 1 saturated heterocycles. The number of nitrogens with zero attached hydrogens (tertiary/aromatic N) is 2. The molecule has 1 aromatic carbocycles. The number of pyridine rings is 1. The number of carbonyl (C=O) groups is 1. The normalized spacial score (nSPS) is 17.5. The number of aromatic amines is 1. The molecule has 2 heterocycles. The standard InChI is InChI=1S/C20H23N3O2/c24-19-17(13-16-7-4-8-18(16)21-19)20(25)23-11-9-22(10-12-23)14-15-5-2-1-3-6-15/h1-3,5-6,13H,4,7-12,14H2,(H,21,24). The summed E-state index contributed by atoms with van der Waals surface area (Å²) in [7, 11) is 0. The van der Waals surface area contributed by atoms with Crippen molar-refractivity contribution in [1.29, 1.82) is 0 Å². The maximum absolute atomic E-state index is 12.8. The van der Waals surface area contributed by atoms with Crippen LogP contribution in [0.5, 0.6) is 0 Å². The fourth-order valence-corrected chi connectivity index (χ4v) is 3.79. The average Bonchev–Trinajstić information content (AvgIpc) is 3.09. The summed E-state index contributed by atoms with van der Waals surface area (Å²) in [5.74, 6) is -0.129. The minimum absolute atomic E-state index is 0.129. The highest BCUT2D eigenvalue weighted by molar-refractivity contribution is 5.94. The summed E-state index contributed by atoms with van der Waals surface area (Å²) in [6, 6.07) is 12.2. The highest BCUT2D eigenvalue weighted by atomic mass is 16.2. The van der Waals surface area contributed by atoms with Gasteiger partial charge in [0.15, 0.2) is 0 Å². The largest absolute Gasteiger partial charge is 0.336 e. The van der Waals surface area contributed by atoms with Crippen LogP contribution in [-0.2, 0) is 19.4 Å². The van der Waals surface area contributed by atoms with E-state index < -0.39 is 0 Å². The van der Waals surface area contributed by atoms with E-state index in [9.17, 15) is 9.59 Å². The molecule has 1 aliphatic carbocycles. The van der Waals surface area contributed by atoms with Crippen molar-refractivity contribution < 1.29 is 4.79 Å². The summed E-state index contributed by atoms with van der Waals surface area (Å²) in [4.78, 5) is 32.1. The van der Waals surface area contributed by atoms with Crippen LogP contribution in [-0.4, -0.2) is 46.9 Å². The van der Waals surface area contributed by atoms with E-state index in [0.29, 0.717) is 18.7 Å². The number of piperazine rings is 1. The summed E-state index contributed by atoms with van der Waals surface area (Å²) in [5, 5.41) is 0. The molecule has 0 unspecified atom stereocenters. The Balaban J connectivity index is 1.41. The van der Waals surface area contributed by atoms with Gasteiger partial charge in [-0.1, -0.05) is 30.3 Å². The zero-order valence-corrected chi connectivity index (χ0v) is 14.3. The van der Waals surface area contributed by atoms with E-state index in [1.165, 1.54) is 5.56 Å². The van der Waals surface area contributed by atoms with E-state index in [0.717, 1.165) is 50.2 Å². The molecule has 1 aromatic heterocycles. The van der Waals surface area contributed by atoms with Crippen LogP contribution in [0.25, 0.3) is 0 Å². The Morgan fingerprint density at radius 1 is 1.04 bits per heavy atom. The zero-order chi connectivity index (χ0) is 17.2. The zero-order valence-electron chi connectivity index (χ0n) is 14.3. The van der Waals surface area contributed by atoms with Gasteiger partial charge in [-0.25, -0.2) is 0 Å². The van der Waals surface area contributed by atoms with E-state index >= 15 is 0 Å². The van der Waals surface area contributed by atoms with Crippen molar-refractivity contribution in [3.05, 3.63) is 69.1 Å². The molecule has 4 rings (SSSR count). The predicted octanol–water partition coefficient (Wildman–Crippen LogP) is 1.82. The van der Waals surface area contributed by atoms with Crippen molar-refractivity contribution in [2.24, 2.45) is 0 Å². The van der Waals surface area contributed by atoms with E-state index in [1.54, 1.807) is 0 Å². The topological polar surface area (TPSA) is 56.4 Å². The first-order valence-electron chi connectivity index (χ1n) is 9.01. The molecule has 0 bridgehead atoms. The number of amides is 1. The van der Waals surface area contributed by atoms with Crippen molar-refractivity contribution in [2.45, 2.75) is 25.8 Å². The summed E-state index contributed by atoms with van der Waals surface area (Å²) in [6.07, 6.45) is 2.93. The summed E-state index contributed by atoms with van der Waals surface area (Å²) in [5.41, 5.74) is 3.49. The van der Waals surface area contributed by atoms with Gasteiger partial charge in [-0.15, -0.1) is 0 Å². The number of carbonyl (C=O) groups excluding carboxylic acids is 1. The number of hydrogen-bond donors (Lipinski definition) is 1. The molecular weight excluding hydrogens is 314 g/mol. The number of benzene rings is 1. The summed E-state index contributed by atoms with van der Waals surface area (Å²) >= 11 is 0. The minimum atomic E-state index is -0.239. The van der Waals surface area contributed by atoms with Crippen LogP contribution >= 0.6 is 0 Å². The smallest absolute Gasteiger partial charge is 0.261 e. The van der Waals surface area contributed by atoms with Crippen LogP contribution in [0.2, 0.25) is 0 Å². The van der Waals surface area contributed by atoms with Gasteiger partial charge in [0.25, 0.3) is 11.5 Å². The van der Waals surface area contributed by atoms with Crippen LogP contribution < -0.4 is 5.56 Å². The van der Waals surface area contributed by atoms with Crippen LogP contribution in [0.3, 0.4) is 0 Å². The maximum atomic E-state index is 12.8. The molecule has 0 atom stereocenters. The molecule has 5 nitrogen and oxygen atoms in total. The SMILES string of the molecule is O=C(c1cc2c([nH]c1=O)CCC2)N1CCN(Cc2ccccc2)CC1. The Bertz CT molecular complexity index is 821.